The molecule has 0 aromatic heterocycles. The van der Waals surface area contributed by atoms with Gasteiger partial charge in [-0.2, -0.15) is 10.2 Å². The first-order valence-electron chi connectivity index (χ1n) is 9.02. The summed E-state index contributed by atoms with van der Waals surface area (Å²) in [4.78, 5) is 0. The highest BCUT2D eigenvalue weighted by molar-refractivity contribution is 5.85. The molecule has 27 heavy (non-hydrogen) atoms. The summed E-state index contributed by atoms with van der Waals surface area (Å²) in [6.07, 6.45) is 4.22. The molecular formula is C25H20N2. The van der Waals surface area contributed by atoms with Gasteiger partial charge in [-0.25, -0.2) is 0 Å². The van der Waals surface area contributed by atoms with Crippen LogP contribution in [0.25, 0.3) is 22.9 Å². The second-order valence-corrected chi connectivity index (χ2v) is 6.57. The Balaban J connectivity index is 1.46. The van der Waals surface area contributed by atoms with Crippen LogP contribution < -0.4 is 0 Å². The van der Waals surface area contributed by atoms with Crippen molar-refractivity contribution in [3.63, 3.8) is 0 Å². The van der Waals surface area contributed by atoms with Crippen molar-refractivity contribution in [1.29, 1.82) is 0 Å². The molecule has 0 atom stereocenters. The third-order valence-electron chi connectivity index (χ3n) is 4.45. The molecule has 0 aliphatic carbocycles. The van der Waals surface area contributed by atoms with Gasteiger partial charge in [0, 0.05) is 0 Å². The van der Waals surface area contributed by atoms with Crippen molar-refractivity contribution in [2.45, 2.75) is 6.92 Å². The molecule has 0 radical (unpaired) electrons. The molecule has 0 heterocycles. The van der Waals surface area contributed by atoms with Crippen LogP contribution >= 0.6 is 0 Å². The number of fused-ring (bicyclic) bond motifs is 1. The lowest BCUT2D eigenvalue weighted by Gasteiger charge is -1.99. The van der Waals surface area contributed by atoms with Gasteiger partial charge in [0.2, 0.25) is 0 Å². The normalized spacial score (nSPS) is 11.6. The van der Waals surface area contributed by atoms with Crippen molar-refractivity contribution in [1.82, 2.24) is 0 Å². The van der Waals surface area contributed by atoms with Crippen LogP contribution in [-0.4, -0.2) is 0 Å². The molecule has 0 bridgehead atoms. The molecule has 4 aromatic carbocycles. The highest BCUT2D eigenvalue weighted by Gasteiger charge is 1.95. The van der Waals surface area contributed by atoms with Gasteiger partial charge in [0.05, 0.1) is 11.4 Å². The minimum Gasteiger partial charge on any atom is -0.151 e. The zero-order valence-corrected chi connectivity index (χ0v) is 15.2. The molecule has 0 aliphatic heterocycles. The summed E-state index contributed by atoms with van der Waals surface area (Å²) in [6, 6.07) is 30.9. The molecule has 2 nitrogen and oxygen atoms in total. The second-order valence-electron chi connectivity index (χ2n) is 6.57. The van der Waals surface area contributed by atoms with Crippen molar-refractivity contribution < 1.29 is 0 Å². The second kappa shape index (κ2) is 7.79. The van der Waals surface area contributed by atoms with Crippen LogP contribution in [0.3, 0.4) is 0 Å². The number of nitrogens with zero attached hydrogens (tertiary/aromatic N) is 2. The van der Waals surface area contributed by atoms with Crippen molar-refractivity contribution in [3.05, 3.63) is 108 Å². The van der Waals surface area contributed by atoms with Gasteiger partial charge in [-0.3, -0.25) is 0 Å². The summed E-state index contributed by atoms with van der Waals surface area (Å²) in [5.74, 6) is 0. The van der Waals surface area contributed by atoms with Gasteiger partial charge in [-0.15, -0.1) is 0 Å². The molecular weight excluding hydrogens is 328 g/mol. The van der Waals surface area contributed by atoms with Gasteiger partial charge < -0.3 is 0 Å². The lowest BCUT2D eigenvalue weighted by atomic mass is 10.1. The summed E-state index contributed by atoms with van der Waals surface area (Å²) in [7, 11) is 0. The lowest BCUT2D eigenvalue weighted by molar-refractivity contribution is 1.23. The van der Waals surface area contributed by atoms with E-state index in [1.807, 2.05) is 30.3 Å². The predicted molar refractivity (Wildman–Crippen MR) is 115 cm³/mol. The van der Waals surface area contributed by atoms with Crippen LogP contribution in [-0.2, 0) is 0 Å². The van der Waals surface area contributed by atoms with E-state index in [4.69, 9.17) is 0 Å². The Kier molecular flexibility index (Phi) is 4.88. The lowest BCUT2D eigenvalue weighted by Crippen LogP contribution is -1.74. The fourth-order valence-corrected chi connectivity index (χ4v) is 2.88. The van der Waals surface area contributed by atoms with Crippen molar-refractivity contribution in [2.24, 2.45) is 10.2 Å². The van der Waals surface area contributed by atoms with E-state index in [-0.39, 0.29) is 0 Å². The molecule has 0 spiro atoms. The van der Waals surface area contributed by atoms with Crippen LogP contribution in [0.5, 0.6) is 0 Å². The van der Waals surface area contributed by atoms with E-state index in [1.165, 1.54) is 21.9 Å². The van der Waals surface area contributed by atoms with E-state index in [9.17, 15) is 0 Å². The zero-order valence-electron chi connectivity index (χ0n) is 15.2. The quantitative estimate of drug-likeness (QED) is 0.266. The van der Waals surface area contributed by atoms with Gasteiger partial charge in [-0.05, 0) is 53.1 Å². The number of benzene rings is 4. The van der Waals surface area contributed by atoms with E-state index < -0.39 is 0 Å². The molecule has 0 saturated heterocycles. The Bertz CT molecular complexity index is 1110. The van der Waals surface area contributed by atoms with Gasteiger partial charge in [0.1, 0.15) is 0 Å². The molecule has 2 heteroatoms. The molecule has 0 saturated carbocycles. The summed E-state index contributed by atoms with van der Waals surface area (Å²) in [6.45, 7) is 2.10. The summed E-state index contributed by atoms with van der Waals surface area (Å²) in [5.41, 5.74) is 5.31. The standard InChI is InChI=1S/C25H20N2/c1-19-6-8-20(9-7-19)10-11-21-12-15-24(16-13-21)26-27-25-17-14-22-4-2-3-5-23(22)18-25/h2-18H,1H3/b11-10+,27-26?. The van der Waals surface area contributed by atoms with Crippen molar-refractivity contribution in [2.75, 3.05) is 0 Å². The van der Waals surface area contributed by atoms with Gasteiger partial charge in [-0.1, -0.05) is 84.4 Å². The van der Waals surface area contributed by atoms with Crippen molar-refractivity contribution in [3.8, 4) is 0 Å². The van der Waals surface area contributed by atoms with Gasteiger partial charge in [0.25, 0.3) is 0 Å². The molecule has 0 fully saturated rings. The smallest absolute Gasteiger partial charge is 0.0863 e. The topological polar surface area (TPSA) is 24.7 Å². The molecule has 4 rings (SSSR count). The number of hydrogen-bond donors (Lipinski definition) is 0. The summed E-state index contributed by atoms with van der Waals surface area (Å²) in [5, 5.41) is 11.1. The van der Waals surface area contributed by atoms with Gasteiger partial charge in [0.15, 0.2) is 0 Å². The summed E-state index contributed by atoms with van der Waals surface area (Å²) < 4.78 is 0. The number of rotatable bonds is 4. The average Bonchev–Trinajstić information content (AvgIpc) is 2.72. The Morgan fingerprint density at radius 1 is 0.556 bits per heavy atom. The maximum absolute atomic E-state index is 4.37. The van der Waals surface area contributed by atoms with E-state index in [2.05, 4.69) is 90.0 Å². The summed E-state index contributed by atoms with van der Waals surface area (Å²) >= 11 is 0. The van der Waals surface area contributed by atoms with Gasteiger partial charge >= 0.3 is 0 Å². The minimum absolute atomic E-state index is 0.843. The Morgan fingerprint density at radius 2 is 1.11 bits per heavy atom. The maximum atomic E-state index is 4.37. The number of azo groups is 1. The first kappa shape index (κ1) is 16.9. The first-order chi connectivity index (χ1) is 13.3. The Labute approximate surface area is 159 Å². The average molecular weight is 348 g/mol. The Hall–Kier alpha value is -3.52. The highest BCUT2D eigenvalue weighted by Crippen LogP contribution is 2.23. The van der Waals surface area contributed by atoms with Crippen LogP contribution in [0.2, 0.25) is 0 Å². The number of hydrogen-bond acceptors (Lipinski definition) is 2. The molecule has 0 N–H and O–H groups in total. The maximum Gasteiger partial charge on any atom is 0.0863 e. The third kappa shape index (κ3) is 4.36. The Morgan fingerprint density at radius 3 is 1.81 bits per heavy atom. The monoisotopic (exact) mass is 348 g/mol. The highest BCUT2D eigenvalue weighted by atomic mass is 15.1. The SMILES string of the molecule is Cc1ccc(/C=C/c2ccc(N=Nc3ccc4ccccc4c3)cc2)cc1. The largest absolute Gasteiger partial charge is 0.151 e. The van der Waals surface area contributed by atoms with E-state index in [0.29, 0.717) is 0 Å². The van der Waals surface area contributed by atoms with E-state index >= 15 is 0 Å². The van der Waals surface area contributed by atoms with Crippen LogP contribution in [0.4, 0.5) is 11.4 Å². The molecule has 130 valence electrons. The minimum atomic E-state index is 0.843. The number of aryl methyl sites for hydroxylation is 1. The molecule has 0 amide bonds. The fraction of sp³-hybridized carbons (Fsp3) is 0.0400. The van der Waals surface area contributed by atoms with Crippen LogP contribution in [0.15, 0.2) is 101 Å². The molecule has 4 aromatic rings. The molecule has 0 aliphatic rings. The predicted octanol–water partition coefficient (Wildman–Crippen LogP) is 7.73. The third-order valence-corrected chi connectivity index (χ3v) is 4.45. The van der Waals surface area contributed by atoms with Crippen LogP contribution in [0, 0.1) is 6.92 Å². The first-order valence-corrected chi connectivity index (χ1v) is 9.02. The van der Waals surface area contributed by atoms with Crippen molar-refractivity contribution >= 4 is 34.3 Å². The van der Waals surface area contributed by atoms with Crippen LogP contribution in [0.1, 0.15) is 16.7 Å². The zero-order chi connectivity index (χ0) is 18.5. The molecule has 0 unspecified atom stereocenters. The van der Waals surface area contributed by atoms with E-state index in [1.54, 1.807) is 0 Å². The fourth-order valence-electron chi connectivity index (χ4n) is 2.88. The van der Waals surface area contributed by atoms with E-state index in [0.717, 1.165) is 16.9 Å².